The molecular weight excluding hydrogens is 424 g/mol. The smallest absolute Gasteiger partial charge is 0.295 e. The van der Waals surface area contributed by atoms with Crippen molar-refractivity contribution in [2.45, 2.75) is 39.7 Å². The Kier molecular flexibility index (Phi) is 7.75. The molecule has 1 fully saturated rings. The van der Waals surface area contributed by atoms with Crippen LogP contribution in [0.25, 0.3) is 5.76 Å². The third kappa shape index (κ3) is 4.89. The fourth-order valence-electron chi connectivity index (χ4n) is 4.07. The standard InChI is InChI=1S/C26H31ClN2O3/c1-5-28(6-2)15-16-29-23(19-9-7-18(8-10-19)17(3)4)22(25(31)26(29)32)24(30)20-11-13-21(27)14-12-20/h7-14,17,23,30H,5-6,15-16H2,1-4H3/t23-/m1/s1. The molecule has 1 aliphatic heterocycles. The Morgan fingerprint density at radius 3 is 2.16 bits per heavy atom. The number of likely N-dealkylation sites (N-methyl/N-ethyl adjacent to an activating group) is 1. The Hall–Kier alpha value is -2.63. The molecule has 0 unspecified atom stereocenters. The Bertz CT molecular complexity index is 993. The molecule has 0 radical (unpaired) electrons. The molecule has 1 amide bonds. The Balaban J connectivity index is 2.09. The molecule has 1 saturated heterocycles. The molecule has 1 heterocycles. The number of ketones is 1. The van der Waals surface area contributed by atoms with Crippen molar-refractivity contribution in [1.82, 2.24) is 9.80 Å². The van der Waals surface area contributed by atoms with Crippen LogP contribution >= 0.6 is 11.6 Å². The van der Waals surface area contributed by atoms with E-state index in [0.717, 1.165) is 18.7 Å². The second-order valence-corrected chi connectivity index (χ2v) is 8.78. The minimum atomic E-state index is -0.657. The van der Waals surface area contributed by atoms with Crippen LogP contribution in [-0.4, -0.2) is 52.8 Å². The number of nitrogens with zero attached hydrogens (tertiary/aromatic N) is 2. The lowest BCUT2D eigenvalue weighted by Gasteiger charge is -2.28. The molecule has 3 rings (SSSR count). The summed E-state index contributed by atoms with van der Waals surface area (Å²) < 4.78 is 0. The van der Waals surface area contributed by atoms with E-state index in [1.807, 2.05) is 24.3 Å². The number of rotatable bonds is 8. The lowest BCUT2D eigenvalue weighted by Crippen LogP contribution is -2.38. The van der Waals surface area contributed by atoms with Crippen LogP contribution in [0.15, 0.2) is 54.1 Å². The van der Waals surface area contributed by atoms with E-state index in [1.54, 1.807) is 29.2 Å². The quantitative estimate of drug-likeness (QED) is 0.337. The number of aliphatic hydroxyl groups excluding tert-OH is 1. The second-order valence-electron chi connectivity index (χ2n) is 8.35. The molecule has 32 heavy (non-hydrogen) atoms. The molecule has 1 aliphatic rings. The number of hydrogen-bond acceptors (Lipinski definition) is 4. The number of Topliss-reactive ketones (excluding diaryl/α,β-unsaturated/α-hetero) is 1. The summed E-state index contributed by atoms with van der Waals surface area (Å²) in [5.74, 6) is -1.05. The van der Waals surface area contributed by atoms with Crippen LogP contribution in [0.4, 0.5) is 0 Å². The van der Waals surface area contributed by atoms with Crippen molar-refractivity contribution in [2.24, 2.45) is 0 Å². The van der Waals surface area contributed by atoms with Crippen molar-refractivity contribution >= 4 is 29.1 Å². The van der Waals surface area contributed by atoms with E-state index in [-0.39, 0.29) is 11.3 Å². The van der Waals surface area contributed by atoms with E-state index in [4.69, 9.17) is 11.6 Å². The van der Waals surface area contributed by atoms with Gasteiger partial charge >= 0.3 is 0 Å². The van der Waals surface area contributed by atoms with Crippen molar-refractivity contribution in [3.8, 4) is 0 Å². The van der Waals surface area contributed by atoms with Gasteiger partial charge in [0.05, 0.1) is 11.6 Å². The average molecular weight is 455 g/mol. The summed E-state index contributed by atoms with van der Waals surface area (Å²) in [6.07, 6.45) is 0. The van der Waals surface area contributed by atoms with Crippen LogP contribution in [0.5, 0.6) is 0 Å². The number of carbonyl (C=O) groups is 2. The summed E-state index contributed by atoms with van der Waals surface area (Å²) in [5, 5.41) is 11.6. The fourth-order valence-corrected chi connectivity index (χ4v) is 4.20. The largest absolute Gasteiger partial charge is 0.507 e. The van der Waals surface area contributed by atoms with Crippen LogP contribution in [0, 0.1) is 0 Å². The Labute approximate surface area is 195 Å². The van der Waals surface area contributed by atoms with Gasteiger partial charge in [-0.15, -0.1) is 0 Å². The van der Waals surface area contributed by atoms with Gasteiger partial charge in [-0.2, -0.15) is 0 Å². The second kappa shape index (κ2) is 10.3. The van der Waals surface area contributed by atoms with Crippen LogP contribution < -0.4 is 0 Å². The zero-order valence-corrected chi connectivity index (χ0v) is 19.9. The third-order valence-corrected chi connectivity index (χ3v) is 6.38. The van der Waals surface area contributed by atoms with Gasteiger partial charge in [-0.3, -0.25) is 9.59 Å². The van der Waals surface area contributed by atoms with Gasteiger partial charge in [0.2, 0.25) is 0 Å². The number of hydrogen-bond donors (Lipinski definition) is 1. The van der Waals surface area contributed by atoms with Crippen LogP contribution in [-0.2, 0) is 9.59 Å². The maximum atomic E-state index is 13.1. The van der Waals surface area contributed by atoms with Crippen molar-refractivity contribution in [3.63, 3.8) is 0 Å². The van der Waals surface area contributed by atoms with E-state index in [0.29, 0.717) is 29.6 Å². The number of aliphatic hydroxyl groups is 1. The summed E-state index contributed by atoms with van der Waals surface area (Å²) in [6, 6.07) is 13.9. The molecule has 170 valence electrons. The summed E-state index contributed by atoms with van der Waals surface area (Å²) >= 11 is 5.98. The molecule has 1 N–H and O–H groups in total. The van der Waals surface area contributed by atoms with E-state index >= 15 is 0 Å². The molecule has 0 aliphatic carbocycles. The highest BCUT2D eigenvalue weighted by Crippen LogP contribution is 2.39. The zero-order chi connectivity index (χ0) is 23.4. The predicted octanol–water partition coefficient (Wildman–Crippen LogP) is 5.23. The zero-order valence-electron chi connectivity index (χ0n) is 19.1. The van der Waals surface area contributed by atoms with Crippen LogP contribution in [0.3, 0.4) is 0 Å². The Morgan fingerprint density at radius 2 is 1.62 bits per heavy atom. The summed E-state index contributed by atoms with van der Waals surface area (Å²) in [5.41, 5.74) is 2.56. The first-order valence-electron chi connectivity index (χ1n) is 11.1. The Morgan fingerprint density at radius 1 is 1.03 bits per heavy atom. The minimum Gasteiger partial charge on any atom is -0.507 e. The summed E-state index contributed by atoms with van der Waals surface area (Å²) in [6.45, 7) is 11.2. The van der Waals surface area contributed by atoms with Crippen molar-refractivity contribution in [2.75, 3.05) is 26.2 Å². The summed E-state index contributed by atoms with van der Waals surface area (Å²) in [4.78, 5) is 29.9. The van der Waals surface area contributed by atoms with E-state index in [2.05, 4.69) is 32.6 Å². The normalized spacial score (nSPS) is 18.2. The lowest BCUT2D eigenvalue weighted by atomic mass is 9.93. The highest BCUT2D eigenvalue weighted by Gasteiger charge is 2.45. The average Bonchev–Trinajstić information content (AvgIpc) is 3.04. The van der Waals surface area contributed by atoms with E-state index in [1.165, 1.54) is 5.56 Å². The maximum Gasteiger partial charge on any atom is 0.295 e. The molecule has 6 heteroatoms. The van der Waals surface area contributed by atoms with Gasteiger partial charge in [0.1, 0.15) is 5.76 Å². The number of carbonyl (C=O) groups excluding carboxylic acids is 2. The molecule has 0 saturated carbocycles. The molecule has 2 aromatic carbocycles. The SMILES string of the molecule is CCN(CC)CCN1C(=O)C(=O)C(=C(O)c2ccc(Cl)cc2)[C@H]1c1ccc(C(C)C)cc1. The molecule has 1 atom stereocenters. The van der Waals surface area contributed by atoms with Crippen LogP contribution in [0.1, 0.15) is 56.3 Å². The monoisotopic (exact) mass is 454 g/mol. The van der Waals surface area contributed by atoms with E-state index in [9.17, 15) is 14.7 Å². The van der Waals surface area contributed by atoms with Crippen molar-refractivity contribution in [1.29, 1.82) is 0 Å². The molecule has 0 aromatic heterocycles. The number of benzene rings is 2. The van der Waals surface area contributed by atoms with Gasteiger partial charge in [-0.25, -0.2) is 0 Å². The first kappa shape index (κ1) is 24.0. The fraction of sp³-hybridized carbons (Fsp3) is 0.385. The maximum absolute atomic E-state index is 13.1. The number of amides is 1. The molecule has 5 nitrogen and oxygen atoms in total. The summed E-state index contributed by atoms with van der Waals surface area (Å²) in [7, 11) is 0. The van der Waals surface area contributed by atoms with Gasteiger partial charge in [0.15, 0.2) is 0 Å². The van der Waals surface area contributed by atoms with Gasteiger partial charge in [0.25, 0.3) is 11.7 Å². The highest BCUT2D eigenvalue weighted by atomic mass is 35.5. The van der Waals surface area contributed by atoms with Gasteiger partial charge in [0, 0.05) is 23.7 Å². The highest BCUT2D eigenvalue weighted by molar-refractivity contribution is 6.46. The van der Waals surface area contributed by atoms with E-state index < -0.39 is 17.7 Å². The van der Waals surface area contributed by atoms with Crippen LogP contribution in [0.2, 0.25) is 5.02 Å². The van der Waals surface area contributed by atoms with Crippen molar-refractivity contribution in [3.05, 3.63) is 75.8 Å². The van der Waals surface area contributed by atoms with Gasteiger partial charge in [-0.1, -0.05) is 63.6 Å². The number of likely N-dealkylation sites (tertiary alicyclic amines) is 1. The third-order valence-electron chi connectivity index (χ3n) is 6.13. The first-order valence-corrected chi connectivity index (χ1v) is 11.5. The molecular formula is C26H31ClN2O3. The first-order chi connectivity index (χ1) is 15.3. The van der Waals surface area contributed by atoms with Crippen molar-refractivity contribution < 1.29 is 14.7 Å². The molecule has 0 bridgehead atoms. The predicted molar refractivity (Wildman–Crippen MR) is 129 cm³/mol. The number of halogens is 1. The minimum absolute atomic E-state index is 0.120. The van der Waals surface area contributed by atoms with Gasteiger partial charge < -0.3 is 14.9 Å². The van der Waals surface area contributed by atoms with Gasteiger partial charge in [-0.05, 0) is 54.4 Å². The molecule has 2 aromatic rings. The lowest BCUT2D eigenvalue weighted by molar-refractivity contribution is -0.140. The topological polar surface area (TPSA) is 60.9 Å². The molecule has 0 spiro atoms.